The van der Waals surface area contributed by atoms with E-state index < -0.39 is 0 Å². The van der Waals surface area contributed by atoms with Gasteiger partial charge in [-0.1, -0.05) is 25.1 Å². The highest BCUT2D eigenvalue weighted by Crippen LogP contribution is 2.32. The Balaban J connectivity index is 2.29. The van der Waals surface area contributed by atoms with E-state index in [0.29, 0.717) is 5.56 Å². The van der Waals surface area contributed by atoms with Crippen molar-refractivity contribution in [3.63, 3.8) is 0 Å². The highest BCUT2D eigenvalue weighted by Gasteiger charge is 2.14. The summed E-state index contributed by atoms with van der Waals surface area (Å²) in [5.74, 6) is 0.574. The highest BCUT2D eigenvalue weighted by molar-refractivity contribution is 9.10. The van der Waals surface area contributed by atoms with Crippen molar-refractivity contribution in [3.8, 4) is 5.75 Å². The molecule has 0 saturated carbocycles. The summed E-state index contributed by atoms with van der Waals surface area (Å²) < 4.78 is 20.0. The second-order valence-electron chi connectivity index (χ2n) is 4.47. The Hall–Kier alpha value is -1.55. The average molecular weight is 338 g/mol. The van der Waals surface area contributed by atoms with Crippen molar-refractivity contribution in [3.05, 3.63) is 58.3 Å². The first-order valence-corrected chi connectivity index (χ1v) is 7.29. The summed E-state index contributed by atoms with van der Waals surface area (Å²) in [5.41, 5.74) is 1.56. The van der Waals surface area contributed by atoms with Crippen molar-refractivity contribution in [2.45, 2.75) is 19.4 Å². The quantitative estimate of drug-likeness (QED) is 0.813. The third-order valence-electron chi connectivity index (χ3n) is 3.19. The number of hydrogen-bond acceptors (Lipinski definition) is 2. The van der Waals surface area contributed by atoms with Crippen molar-refractivity contribution in [1.29, 1.82) is 0 Å². The first-order chi connectivity index (χ1) is 9.65. The summed E-state index contributed by atoms with van der Waals surface area (Å²) in [4.78, 5) is 0. The van der Waals surface area contributed by atoms with Gasteiger partial charge in [-0.05, 0) is 40.5 Å². The van der Waals surface area contributed by atoms with E-state index >= 15 is 0 Å². The molecule has 0 aromatic heterocycles. The molecule has 2 rings (SSSR count). The van der Waals surface area contributed by atoms with E-state index in [4.69, 9.17) is 4.74 Å². The first kappa shape index (κ1) is 14.9. The van der Waals surface area contributed by atoms with E-state index in [9.17, 15) is 4.39 Å². The van der Waals surface area contributed by atoms with Gasteiger partial charge in [-0.15, -0.1) is 0 Å². The van der Waals surface area contributed by atoms with E-state index in [1.807, 2.05) is 37.3 Å². The monoisotopic (exact) mass is 337 g/mol. The lowest BCUT2D eigenvalue weighted by molar-refractivity contribution is 0.415. The number of halogens is 2. The highest BCUT2D eigenvalue weighted by atomic mass is 79.9. The molecule has 106 valence electrons. The molecule has 0 aliphatic heterocycles. The van der Waals surface area contributed by atoms with E-state index in [-0.39, 0.29) is 11.9 Å². The molecule has 2 aromatic carbocycles. The SMILES string of the molecule is CCC(Nc1cc(OC)ccc1Br)c1ccccc1F. The number of rotatable bonds is 5. The fraction of sp³-hybridized carbons (Fsp3) is 0.250. The third kappa shape index (κ3) is 3.31. The Bertz CT molecular complexity index is 588. The number of hydrogen-bond donors (Lipinski definition) is 1. The Kier molecular flexibility index (Phi) is 5.01. The molecule has 4 heteroatoms. The second kappa shape index (κ2) is 6.75. The molecule has 0 heterocycles. The van der Waals surface area contributed by atoms with Crippen molar-refractivity contribution in [2.24, 2.45) is 0 Å². The van der Waals surface area contributed by atoms with Gasteiger partial charge in [-0.3, -0.25) is 0 Å². The first-order valence-electron chi connectivity index (χ1n) is 6.50. The van der Waals surface area contributed by atoms with Gasteiger partial charge < -0.3 is 10.1 Å². The number of nitrogens with one attached hydrogen (secondary N) is 1. The fourth-order valence-electron chi connectivity index (χ4n) is 2.09. The largest absolute Gasteiger partial charge is 0.497 e. The minimum atomic E-state index is -0.189. The molecule has 0 fully saturated rings. The number of ether oxygens (including phenoxy) is 1. The van der Waals surface area contributed by atoms with Crippen LogP contribution in [0.4, 0.5) is 10.1 Å². The molecule has 2 nitrogen and oxygen atoms in total. The molecule has 20 heavy (non-hydrogen) atoms. The molecule has 0 aliphatic rings. The average Bonchev–Trinajstić information content (AvgIpc) is 2.47. The van der Waals surface area contributed by atoms with Gasteiger partial charge >= 0.3 is 0 Å². The van der Waals surface area contributed by atoms with Crippen molar-refractivity contribution in [2.75, 3.05) is 12.4 Å². The number of methoxy groups -OCH3 is 1. The molecule has 0 spiro atoms. The number of benzene rings is 2. The van der Waals surface area contributed by atoms with Crippen LogP contribution in [-0.2, 0) is 0 Å². The maximum Gasteiger partial charge on any atom is 0.128 e. The van der Waals surface area contributed by atoms with E-state index in [1.54, 1.807) is 13.2 Å². The standard InChI is InChI=1S/C16H17BrFNO/c1-3-15(12-6-4-5-7-14(12)18)19-16-10-11(20-2)8-9-13(16)17/h4-10,15,19H,3H2,1-2H3. The van der Waals surface area contributed by atoms with Crippen LogP contribution >= 0.6 is 15.9 Å². The molecule has 1 atom stereocenters. The summed E-state index contributed by atoms with van der Waals surface area (Å²) in [6, 6.07) is 12.4. The predicted molar refractivity (Wildman–Crippen MR) is 83.7 cm³/mol. The zero-order valence-corrected chi connectivity index (χ0v) is 13.1. The molecule has 1 unspecified atom stereocenters. The van der Waals surface area contributed by atoms with E-state index in [2.05, 4.69) is 21.2 Å². The summed E-state index contributed by atoms with van der Waals surface area (Å²) in [5, 5.41) is 3.36. The lowest BCUT2D eigenvalue weighted by Gasteiger charge is -2.20. The van der Waals surface area contributed by atoms with Gasteiger partial charge in [0.25, 0.3) is 0 Å². The summed E-state index contributed by atoms with van der Waals surface area (Å²) in [7, 11) is 1.63. The molecular formula is C16H17BrFNO. The predicted octanol–water partition coefficient (Wildman–Crippen LogP) is 5.16. The summed E-state index contributed by atoms with van der Waals surface area (Å²) in [6.07, 6.45) is 0.782. The van der Waals surface area contributed by atoms with Crippen LogP contribution < -0.4 is 10.1 Å². The molecule has 0 amide bonds. The van der Waals surface area contributed by atoms with Crippen LogP contribution in [-0.4, -0.2) is 7.11 Å². The van der Waals surface area contributed by atoms with Gasteiger partial charge in [0.15, 0.2) is 0 Å². The van der Waals surface area contributed by atoms with Gasteiger partial charge in [-0.2, -0.15) is 0 Å². The van der Waals surface area contributed by atoms with Crippen molar-refractivity contribution in [1.82, 2.24) is 0 Å². The van der Waals surface area contributed by atoms with Gasteiger partial charge in [0.2, 0.25) is 0 Å². The van der Waals surface area contributed by atoms with Crippen LogP contribution in [0.2, 0.25) is 0 Å². The second-order valence-corrected chi connectivity index (χ2v) is 5.33. The van der Waals surface area contributed by atoms with Crippen molar-refractivity contribution < 1.29 is 9.13 Å². The Morgan fingerprint density at radius 3 is 2.65 bits per heavy atom. The van der Waals surface area contributed by atoms with Crippen LogP contribution in [0.25, 0.3) is 0 Å². The zero-order valence-electron chi connectivity index (χ0n) is 11.5. The minimum absolute atomic E-state index is 0.0837. The van der Waals surface area contributed by atoms with E-state index in [1.165, 1.54) is 6.07 Å². The van der Waals surface area contributed by atoms with Crippen LogP contribution in [0.1, 0.15) is 24.9 Å². The van der Waals surface area contributed by atoms with Gasteiger partial charge in [0.1, 0.15) is 11.6 Å². The molecule has 2 aromatic rings. The lowest BCUT2D eigenvalue weighted by Crippen LogP contribution is -2.11. The molecule has 1 N–H and O–H groups in total. The molecule has 0 bridgehead atoms. The molecule has 0 saturated heterocycles. The topological polar surface area (TPSA) is 21.3 Å². The maximum absolute atomic E-state index is 13.9. The lowest BCUT2D eigenvalue weighted by atomic mass is 10.0. The Morgan fingerprint density at radius 2 is 2.00 bits per heavy atom. The molecule has 0 aliphatic carbocycles. The van der Waals surface area contributed by atoms with Gasteiger partial charge in [0.05, 0.1) is 18.8 Å². The van der Waals surface area contributed by atoms with E-state index in [0.717, 1.165) is 22.3 Å². The minimum Gasteiger partial charge on any atom is -0.497 e. The summed E-state index contributed by atoms with van der Waals surface area (Å²) >= 11 is 3.50. The normalized spacial score (nSPS) is 12.0. The maximum atomic E-state index is 13.9. The Labute approximate surface area is 127 Å². The van der Waals surface area contributed by atoms with Crippen LogP contribution in [0, 0.1) is 5.82 Å². The van der Waals surface area contributed by atoms with Crippen LogP contribution in [0.15, 0.2) is 46.9 Å². The van der Waals surface area contributed by atoms with Gasteiger partial charge in [0, 0.05) is 16.1 Å². The Morgan fingerprint density at radius 1 is 1.25 bits per heavy atom. The summed E-state index contributed by atoms with van der Waals surface area (Å²) in [6.45, 7) is 2.03. The van der Waals surface area contributed by atoms with Crippen molar-refractivity contribution >= 4 is 21.6 Å². The fourth-order valence-corrected chi connectivity index (χ4v) is 2.45. The molecule has 0 radical (unpaired) electrons. The molecular weight excluding hydrogens is 321 g/mol. The third-order valence-corrected chi connectivity index (χ3v) is 3.88. The van der Waals surface area contributed by atoms with Crippen LogP contribution in [0.3, 0.4) is 0 Å². The van der Waals surface area contributed by atoms with Gasteiger partial charge in [-0.25, -0.2) is 4.39 Å². The smallest absolute Gasteiger partial charge is 0.128 e. The number of anilines is 1. The zero-order chi connectivity index (χ0) is 14.5. The van der Waals surface area contributed by atoms with Crippen LogP contribution in [0.5, 0.6) is 5.75 Å².